The smallest absolute Gasteiger partial charge is 0.173 e. The van der Waals surface area contributed by atoms with Crippen molar-refractivity contribution in [1.29, 1.82) is 0 Å². The van der Waals surface area contributed by atoms with E-state index in [4.69, 9.17) is 14.2 Å². The lowest BCUT2D eigenvalue weighted by molar-refractivity contribution is -0.111. The lowest BCUT2D eigenvalue weighted by Crippen LogP contribution is -2.46. The van der Waals surface area contributed by atoms with Gasteiger partial charge in [-0.05, 0) is 37.1 Å². The first-order valence-corrected chi connectivity index (χ1v) is 7.57. The van der Waals surface area contributed by atoms with Crippen molar-refractivity contribution >= 4 is 0 Å². The van der Waals surface area contributed by atoms with Gasteiger partial charge >= 0.3 is 0 Å². The summed E-state index contributed by atoms with van der Waals surface area (Å²) in [4.78, 5) is 2.35. The highest BCUT2D eigenvalue weighted by molar-refractivity contribution is 5.29. The number of benzene rings is 1. The van der Waals surface area contributed by atoms with E-state index in [1.807, 2.05) is 6.07 Å². The summed E-state index contributed by atoms with van der Waals surface area (Å²) in [5.41, 5.74) is 0.957. The molecule has 21 heavy (non-hydrogen) atoms. The van der Waals surface area contributed by atoms with Crippen LogP contribution in [0.4, 0.5) is 4.39 Å². The van der Waals surface area contributed by atoms with Crippen LogP contribution in [0.25, 0.3) is 0 Å². The van der Waals surface area contributed by atoms with Gasteiger partial charge < -0.3 is 14.2 Å². The average Bonchev–Trinajstić information content (AvgIpc) is 3.02. The van der Waals surface area contributed by atoms with E-state index >= 15 is 0 Å². The van der Waals surface area contributed by atoms with E-state index in [1.165, 1.54) is 20.0 Å². The Morgan fingerprint density at radius 1 is 1.29 bits per heavy atom. The molecule has 2 aliphatic heterocycles. The Morgan fingerprint density at radius 2 is 2.10 bits per heavy atom. The van der Waals surface area contributed by atoms with Crippen molar-refractivity contribution in [3.63, 3.8) is 0 Å². The Hall–Kier alpha value is -1.17. The summed E-state index contributed by atoms with van der Waals surface area (Å²) in [5, 5.41) is 0. The van der Waals surface area contributed by atoms with E-state index in [2.05, 4.69) is 4.90 Å². The molecule has 4 nitrogen and oxygen atoms in total. The lowest BCUT2D eigenvalue weighted by atomic mass is 10.0. The molecule has 1 atom stereocenters. The normalized spacial score (nSPS) is 24.4. The van der Waals surface area contributed by atoms with Crippen LogP contribution in [0.5, 0.6) is 5.75 Å². The van der Waals surface area contributed by atoms with Crippen molar-refractivity contribution in [3.05, 3.63) is 29.6 Å². The van der Waals surface area contributed by atoms with Crippen LogP contribution in [0.1, 0.15) is 24.8 Å². The number of hydrogen-bond acceptors (Lipinski definition) is 4. The highest BCUT2D eigenvalue weighted by Crippen LogP contribution is 2.27. The molecule has 0 N–H and O–H groups in total. The molecule has 5 heteroatoms. The van der Waals surface area contributed by atoms with Crippen LogP contribution < -0.4 is 4.74 Å². The second-order valence-electron chi connectivity index (χ2n) is 5.61. The third-order valence-electron chi connectivity index (χ3n) is 4.23. The van der Waals surface area contributed by atoms with Crippen LogP contribution in [0, 0.1) is 5.82 Å². The van der Waals surface area contributed by atoms with Crippen LogP contribution in [0.3, 0.4) is 0 Å². The first-order valence-electron chi connectivity index (χ1n) is 7.57. The van der Waals surface area contributed by atoms with E-state index in [0.717, 1.165) is 25.1 Å². The quantitative estimate of drug-likeness (QED) is 0.854. The van der Waals surface area contributed by atoms with Gasteiger partial charge in [-0.3, -0.25) is 4.90 Å². The molecule has 2 heterocycles. The minimum absolute atomic E-state index is 0.131. The van der Waals surface area contributed by atoms with E-state index in [1.54, 1.807) is 12.1 Å². The van der Waals surface area contributed by atoms with Gasteiger partial charge in [0.25, 0.3) is 0 Å². The van der Waals surface area contributed by atoms with Gasteiger partial charge in [-0.25, -0.2) is 4.39 Å². The van der Waals surface area contributed by atoms with Crippen molar-refractivity contribution in [3.8, 4) is 5.75 Å². The summed E-state index contributed by atoms with van der Waals surface area (Å²) >= 11 is 0. The standard InChI is InChI=1S/C16H22FNO3/c1-19-15-6-5-12(10-13(15)17)11-18-7-3-2-4-14(18)16-20-8-9-21-16/h5-6,10,14,16H,2-4,7-9,11H2,1H3. The van der Waals surface area contributed by atoms with E-state index in [-0.39, 0.29) is 23.9 Å². The summed E-state index contributed by atoms with van der Waals surface area (Å²) in [7, 11) is 1.48. The van der Waals surface area contributed by atoms with Crippen LogP contribution in [-0.4, -0.2) is 44.1 Å². The molecule has 2 saturated heterocycles. The molecule has 0 bridgehead atoms. The van der Waals surface area contributed by atoms with E-state index < -0.39 is 0 Å². The molecule has 1 aromatic carbocycles. The van der Waals surface area contributed by atoms with Gasteiger partial charge in [-0.2, -0.15) is 0 Å². The second kappa shape index (κ2) is 6.73. The summed E-state index contributed by atoms with van der Waals surface area (Å²) in [6, 6.07) is 5.43. The maximum Gasteiger partial charge on any atom is 0.173 e. The number of methoxy groups -OCH3 is 1. The van der Waals surface area contributed by atoms with Gasteiger partial charge in [-0.1, -0.05) is 12.5 Å². The van der Waals surface area contributed by atoms with Gasteiger partial charge in [0.2, 0.25) is 0 Å². The van der Waals surface area contributed by atoms with Crippen molar-refractivity contribution in [1.82, 2.24) is 4.90 Å². The zero-order valence-corrected chi connectivity index (χ0v) is 12.4. The SMILES string of the molecule is COc1ccc(CN2CCCCC2C2OCCO2)cc1F. The van der Waals surface area contributed by atoms with Crippen LogP contribution in [-0.2, 0) is 16.0 Å². The molecular formula is C16H22FNO3. The zero-order chi connectivity index (χ0) is 14.7. The molecule has 1 unspecified atom stereocenters. The van der Waals surface area contributed by atoms with Crippen molar-refractivity contribution < 1.29 is 18.6 Å². The van der Waals surface area contributed by atoms with E-state index in [0.29, 0.717) is 13.2 Å². The number of likely N-dealkylation sites (tertiary alicyclic amines) is 1. The third kappa shape index (κ3) is 3.36. The van der Waals surface area contributed by atoms with Crippen LogP contribution >= 0.6 is 0 Å². The molecular weight excluding hydrogens is 273 g/mol. The van der Waals surface area contributed by atoms with Crippen molar-refractivity contribution in [2.24, 2.45) is 0 Å². The molecule has 2 fully saturated rings. The zero-order valence-electron chi connectivity index (χ0n) is 12.4. The Bertz CT molecular complexity index is 477. The topological polar surface area (TPSA) is 30.9 Å². The summed E-state index contributed by atoms with van der Waals surface area (Å²) in [5.74, 6) is -0.0201. The fourth-order valence-corrected chi connectivity index (χ4v) is 3.16. The minimum atomic E-state index is -0.308. The van der Waals surface area contributed by atoms with Gasteiger partial charge in [0.1, 0.15) is 0 Å². The number of hydrogen-bond donors (Lipinski definition) is 0. The molecule has 0 amide bonds. The van der Waals surface area contributed by atoms with Gasteiger partial charge in [0.05, 0.1) is 26.4 Å². The Balaban J connectivity index is 1.70. The van der Waals surface area contributed by atoms with Gasteiger partial charge in [0.15, 0.2) is 17.9 Å². The molecule has 0 spiro atoms. The maximum atomic E-state index is 13.8. The highest BCUT2D eigenvalue weighted by Gasteiger charge is 2.33. The van der Waals surface area contributed by atoms with Crippen LogP contribution in [0.2, 0.25) is 0 Å². The average molecular weight is 295 g/mol. The Kier molecular flexibility index (Phi) is 4.73. The predicted octanol–water partition coefficient (Wildman–Crippen LogP) is 2.56. The summed E-state index contributed by atoms with van der Waals surface area (Å²) < 4.78 is 30.1. The third-order valence-corrected chi connectivity index (χ3v) is 4.23. The largest absolute Gasteiger partial charge is 0.494 e. The number of halogens is 1. The monoisotopic (exact) mass is 295 g/mol. The number of nitrogens with zero attached hydrogens (tertiary/aromatic N) is 1. The number of rotatable bonds is 4. The fourth-order valence-electron chi connectivity index (χ4n) is 3.16. The molecule has 2 aliphatic rings. The van der Waals surface area contributed by atoms with Gasteiger partial charge in [0, 0.05) is 6.54 Å². The first-order chi connectivity index (χ1) is 10.3. The fraction of sp³-hybridized carbons (Fsp3) is 0.625. The molecule has 0 saturated carbocycles. The van der Waals surface area contributed by atoms with Gasteiger partial charge in [-0.15, -0.1) is 0 Å². The lowest BCUT2D eigenvalue weighted by Gasteiger charge is -2.38. The predicted molar refractivity (Wildman–Crippen MR) is 76.7 cm³/mol. The van der Waals surface area contributed by atoms with Crippen molar-refractivity contribution in [2.75, 3.05) is 26.9 Å². The molecule has 1 aromatic rings. The molecule has 3 rings (SSSR count). The summed E-state index contributed by atoms with van der Waals surface area (Å²) in [6.45, 7) is 3.06. The first kappa shape index (κ1) is 14.8. The van der Waals surface area contributed by atoms with Crippen LogP contribution in [0.15, 0.2) is 18.2 Å². The maximum absolute atomic E-state index is 13.8. The molecule has 0 aliphatic carbocycles. The van der Waals surface area contributed by atoms with E-state index in [9.17, 15) is 4.39 Å². The highest BCUT2D eigenvalue weighted by atomic mass is 19.1. The Morgan fingerprint density at radius 3 is 2.81 bits per heavy atom. The molecule has 0 radical (unpaired) electrons. The second-order valence-corrected chi connectivity index (χ2v) is 5.61. The van der Waals surface area contributed by atoms with Crippen molar-refractivity contribution in [2.45, 2.75) is 38.1 Å². The Labute approximate surface area is 124 Å². The number of piperidine rings is 1. The number of ether oxygens (including phenoxy) is 3. The minimum Gasteiger partial charge on any atom is -0.494 e. The molecule has 0 aromatic heterocycles. The summed E-state index contributed by atoms with van der Waals surface area (Å²) in [6.07, 6.45) is 3.31. The molecule has 116 valence electrons.